The summed E-state index contributed by atoms with van der Waals surface area (Å²) < 4.78 is 34.1. The van der Waals surface area contributed by atoms with E-state index in [1.165, 1.54) is 0 Å². The minimum Gasteiger partial charge on any atom is -0.493 e. The Morgan fingerprint density at radius 3 is 2.42 bits per heavy atom. The Morgan fingerprint density at radius 1 is 1.17 bits per heavy atom. The first-order chi connectivity index (χ1) is 11.4. The van der Waals surface area contributed by atoms with Gasteiger partial charge in [-0.05, 0) is 31.9 Å². The summed E-state index contributed by atoms with van der Waals surface area (Å²) in [6.07, 6.45) is 6.88. The zero-order valence-corrected chi connectivity index (χ0v) is 15.1. The third-order valence-electron chi connectivity index (χ3n) is 3.98. The van der Waals surface area contributed by atoms with Gasteiger partial charge in [0.25, 0.3) is 0 Å². The third-order valence-corrected chi connectivity index (χ3v) is 5.63. The van der Waals surface area contributed by atoms with Crippen molar-refractivity contribution in [2.45, 2.75) is 44.0 Å². The average Bonchev–Trinajstić information content (AvgIpc) is 2.59. The van der Waals surface area contributed by atoms with Crippen molar-refractivity contribution in [3.8, 4) is 18.1 Å². The normalized spacial score (nSPS) is 14.1. The van der Waals surface area contributed by atoms with Crippen LogP contribution in [0.4, 0.5) is 0 Å². The molecule has 0 spiro atoms. The van der Waals surface area contributed by atoms with E-state index in [0.717, 1.165) is 11.8 Å². The minimum atomic E-state index is -3.75. The predicted octanol–water partition coefficient (Wildman–Crippen LogP) is 3.71. The van der Waals surface area contributed by atoms with Crippen molar-refractivity contribution in [2.75, 3.05) is 6.61 Å². The maximum Gasteiger partial charge on any atom is 0.242 e. The van der Waals surface area contributed by atoms with Crippen molar-refractivity contribution in [3.05, 3.63) is 36.4 Å². The van der Waals surface area contributed by atoms with Crippen molar-refractivity contribution >= 4 is 20.8 Å². The lowest BCUT2D eigenvalue weighted by atomic mass is 10.0. The Kier molecular flexibility index (Phi) is 5.53. The summed E-state index contributed by atoms with van der Waals surface area (Å²) in [5, 5.41) is 1.39. The molecule has 2 aromatic carbocycles. The van der Waals surface area contributed by atoms with E-state index in [9.17, 15) is 8.42 Å². The van der Waals surface area contributed by atoms with Crippen LogP contribution in [0.25, 0.3) is 10.8 Å². The molecule has 0 aliphatic rings. The van der Waals surface area contributed by atoms with Crippen LogP contribution in [0.15, 0.2) is 41.3 Å². The molecule has 2 aromatic rings. The fraction of sp³-hybridized carbons (Fsp3) is 0.368. The van der Waals surface area contributed by atoms with E-state index in [2.05, 4.69) is 10.6 Å². The third kappa shape index (κ3) is 3.72. The Morgan fingerprint density at radius 2 is 1.83 bits per heavy atom. The molecule has 0 aliphatic heterocycles. The molecule has 0 bridgehead atoms. The van der Waals surface area contributed by atoms with E-state index in [4.69, 9.17) is 11.2 Å². The Hall–Kier alpha value is -2.03. The molecule has 0 amide bonds. The van der Waals surface area contributed by atoms with Crippen LogP contribution in [-0.4, -0.2) is 20.6 Å². The second-order valence-corrected chi connectivity index (χ2v) is 7.54. The Bertz CT molecular complexity index is 868. The number of hydrogen-bond donors (Lipinski definition) is 1. The molecule has 1 N–H and O–H groups in total. The second-order valence-electron chi connectivity index (χ2n) is 5.89. The molecule has 2 rings (SSSR count). The molecule has 0 saturated carbocycles. The van der Waals surface area contributed by atoms with Gasteiger partial charge in [-0.15, -0.1) is 6.42 Å². The topological polar surface area (TPSA) is 55.4 Å². The van der Waals surface area contributed by atoms with Crippen molar-refractivity contribution in [1.29, 1.82) is 0 Å². The van der Waals surface area contributed by atoms with Gasteiger partial charge >= 0.3 is 0 Å². The summed E-state index contributed by atoms with van der Waals surface area (Å²) in [7, 11) is -3.75. The summed E-state index contributed by atoms with van der Waals surface area (Å²) >= 11 is 0. The van der Waals surface area contributed by atoms with Crippen LogP contribution in [0.2, 0.25) is 0 Å². The van der Waals surface area contributed by atoms with Crippen LogP contribution in [0.3, 0.4) is 0 Å². The van der Waals surface area contributed by atoms with Gasteiger partial charge in [0.2, 0.25) is 10.0 Å². The summed E-state index contributed by atoms with van der Waals surface area (Å²) in [5.41, 5.74) is -0.919. The highest BCUT2D eigenvalue weighted by Gasteiger charge is 2.28. The predicted molar refractivity (Wildman–Crippen MR) is 97.6 cm³/mol. The maximum atomic E-state index is 12.9. The summed E-state index contributed by atoms with van der Waals surface area (Å²) in [6, 6.07) is 10.6. The standard InChI is InChI=1S/C19H23NO3S/c1-5-14-23-17-12-13-18(16-11-9-8-10-15(16)17)24(21,22)20-19(4,6-2)7-3/h2,8-13,20H,5,7,14H2,1,3-4H3/t19-/m1/s1. The number of sulfonamides is 1. The molecule has 0 heterocycles. The molecule has 1 atom stereocenters. The first-order valence-electron chi connectivity index (χ1n) is 8.03. The SMILES string of the molecule is C#C[C@](C)(CC)NS(=O)(=O)c1ccc(OCCC)c2ccccc12. The average molecular weight is 345 g/mol. The van der Waals surface area contributed by atoms with Gasteiger partial charge < -0.3 is 4.74 Å². The minimum absolute atomic E-state index is 0.205. The Balaban J connectivity index is 2.56. The van der Waals surface area contributed by atoms with Gasteiger partial charge in [-0.25, -0.2) is 8.42 Å². The largest absolute Gasteiger partial charge is 0.493 e. The Labute approximate surface area is 144 Å². The van der Waals surface area contributed by atoms with Crippen LogP contribution < -0.4 is 9.46 Å². The molecule has 0 radical (unpaired) electrons. The van der Waals surface area contributed by atoms with Crippen molar-refractivity contribution in [1.82, 2.24) is 4.72 Å². The number of benzene rings is 2. The lowest BCUT2D eigenvalue weighted by Crippen LogP contribution is -2.44. The monoisotopic (exact) mass is 345 g/mol. The molecule has 0 fully saturated rings. The van der Waals surface area contributed by atoms with Gasteiger partial charge in [0, 0.05) is 10.8 Å². The zero-order chi connectivity index (χ0) is 17.8. The quantitative estimate of drug-likeness (QED) is 0.778. The van der Waals surface area contributed by atoms with E-state index in [-0.39, 0.29) is 4.90 Å². The zero-order valence-electron chi connectivity index (χ0n) is 14.3. The molecule has 0 aromatic heterocycles. The molecule has 5 heteroatoms. The van der Waals surface area contributed by atoms with Crippen LogP contribution in [0.1, 0.15) is 33.6 Å². The number of hydrogen-bond acceptors (Lipinski definition) is 3. The van der Waals surface area contributed by atoms with Gasteiger partial charge in [-0.2, -0.15) is 4.72 Å². The van der Waals surface area contributed by atoms with E-state index in [0.29, 0.717) is 24.2 Å². The number of fused-ring (bicyclic) bond motifs is 1. The van der Waals surface area contributed by atoms with Crippen LogP contribution in [0.5, 0.6) is 5.75 Å². The van der Waals surface area contributed by atoms with E-state index in [1.807, 2.05) is 32.0 Å². The van der Waals surface area contributed by atoms with Crippen LogP contribution >= 0.6 is 0 Å². The molecule has 0 aliphatic carbocycles. The van der Waals surface area contributed by atoms with Crippen molar-refractivity contribution < 1.29 is 13.2 Å². The molecule has 128 valence electrons. The van der Waals surface area contributed by atoms with Gasteiger partial charge in [0.15, 0.2) is 0 Å². The van der Waals surface area contributed by atoms with Crippen LogP contribution in [0, 0.1) is 12.3 Å². The smallest absolute Gasteiger partial charge is 0.242 e. The molecule has 0 unspecified atom stereocenters. The van der Waals surface area contributed by atoms with Crippen molar-refractivity contribution in [3.63, 3.8) is 0 Å². The molecular formula is C19H23NO3S. The molecular weight excluding hydrogens is 322 g/mol. The van der Waals surface area contributed by atoms with Crippen LogP contribution in [-0.2, 0) is 10.0 Å². The highest BCUT2D eigenvalue weighted by atomic mass is 32.2. The fourth-order valence-electron chi connectivity index (χ4n) is 2.37. The van der Waals surface area contributed by atoms with Gasteiger partial charge in [-0.1, -0.05) is 44.0 Å². The van der Waals surface area contributed by atoms with E-state index in [1.54, 1.807) is 25.1 Å². The number of ether oxygens (including phenoxy) is 1. The van der Waals surface area contributed by atoms with Gasteiger partial charge in [-0.3, -0.25) is 0 Å². The highest BCUT2D eigenvalue weighted by molar-refractivity contribution is 7.89. The molecule has 24 heavy (non-hydrogen) atoms. The fourth-order valence-corrected chi connectivity index (χ4v) is 3.99. The van der Waals surface area contributed by atoms with E-state index < -0.39 is 15.6 Å². The first-order valence-corrected chi connectivity index (χ1v) is 9.51. The highest BCUT2D eigenvalue weighted by Crippen LogP contribution is 2.31. The summed E-state index contributed by atoms with van der Waals surface area (Å²) in [6.45, 7) is 6.16. The van der Waals surface area contributed by atoms with Gasteiger partial charge in [0.05, 0.1) is 17.0 Å². The van der Waals surface area contributed by atoms with Gasteiger partial charge in [0.1, 0.15) is 5.75 Å². The van der Waals surface area contributed by atoms with Crippen molar-refractivity contribution in [2.24, 2.45) is 0 Å². The maximum absolute atomic E-state index is 12.9. The number of nitrogens with one attached hydrogen (secondary N) is 1. The summed E-state index contributed by atoms with van der Waals surface area (Å²) in [4.78, 5) is 0.205. The lowest BCUT2D eigenvalue weighted by Gasteiger charge is -2.23. The van der Waals surface area contributed by atoms with E-state index >= 15 is 0 Å². The number of terminal acetylenes is 1. The summed E-state index contributed by atoms with van der Waals surface area (Å²) in [5.74, 6) is 3.21. The first kappa shape index (κ1) is 18.3. The molecule has 0 saturated heterocycles. The lowest BCUT2D eigenvalue weighted by molar-refractivity contribution is 0.321. The second kappa shape index (κ2) is 7.25. The molecule has 4 nitrogen and oxygen atoms in total. The number of rotatable bonds is 7.